The summed E-state index contributed by atoms with van der Waals surface area (Å²) in [5, 5.41) is 7.31. The molecule has 0 spiro atoms. The van der Waals surface area contributed by atoms with Crippen molar-refractivity contribution >= 4 is 5.91 Å². The van der Waals surface area contributed by atoms with Crippen LogP contribution in [0, 0.1) is 6.92 Å². The second-order valence-corrected chi connectivity index (χ2v) is 7.65. The van der Waals surface area contributed by atoms with Gasteiger partial charge in [-0.1, -0.05) is 12.1 Å². The van der Waals surface area contributed by atoms with E-state index in [1.807, 2.05) is 56.0 Å². The Hall–Kier alpha value is -2.18. The van der Waals surface area contributed by atoms with Gasteiger partial charge in [0.1, 0.15) is 0 Å². The Morgan fingerprint density at radius 2 is 1.89 bits per heavy atom. The molecule has 1 N–H and O–H groups in total. The smallest absolute Gasteiger partial charge is 0.251 e. The third-order valence-corrected chi connectivity index (χ3v) is 5.20. The van der Waals surface area contributed by atoms with Crippen LogP contribution in [0.25, 0.3) is 0 Å². The monoisotopic (exact) mass is 370 g/mol. The van der Waals surface area contributed by atoms with Crippen molar-refractivity contribution in [1.82, 2.24) is 20.0 Å². The number of ether oxygens (including phenoxy) is 1. The third kappa shape index (κ3) is 4.76. The van der Waals surface area contributed by atoms with E-state index < -0.39 is 0 Å². The molecule has 1 saturated heterocycles. The summed E-state index contributed by atoms with van der Waals surface area (Å²) in [6.07, 6.45) is 2.33. The molecule has 1 aliphatic heterocycles. The van der Waals surface area contributed by atoms with E-state index in [0.29, 0.717) is 5.56 Å². The highest BCUT2D eigenvalue weighted by Crippen LogP contribution is 2.18. The summed E-state index contributed by atoms with van der Waals surface area (Å²) in [6, 6.07) is 7.81. The van der Waals surface area contributed by atoms with Crippen LogP contribution in [-0.2, 0) is 18.3 Å². The number of aryl methyl sites for hydroxylation is 1. The number of amides is 1. The Labute approximate surface area is 161 Å². The first-order valence-electron chi connectivity index (χ1n) is 9.59. The topological polar surface area (TPSA) is 59.4 Å². The van der Waals surface area contributed by atoms with E-state index in [1.165, 1.54) is 5.56 Å². The molecule has 1 aliphatic rings. The number of benzene rings is 1. The van der Waals surface area contributed by atoms with Gasteiger partial charge in [0.2, 0.25) is 0 Å². The van der Waals surface area contributed by atoms with E-state index in [2.05, 4.69) is 29.2 Å². The molecule has 0 unspecified atom stereocenters. The first-order chi connectivity index (χ1) is 12.8. The molecular formula is C21H30N4O2. The minimum atomic E-state index is -0.0813. The number of hydrogen-bond donors (Lipinski definition) is 1. The summed E-state index contributed by atoms with van der Waals surface area (Å²) in [6.45, 7) is 11.0. The van der Waals surface area contributed by atoms with Gasteiger partial charge in [0.25, 0.3) is 5.91 Å². The molecule has 6 nitrogen and oxygen atoms in total. The average Bonchev–Trinajstić information content (AvgIpc) is 2.94. The molecule has 0 bridgehead atoms. The molecule has 1 aromatic heterocycles. The zero-order valence-corrected chi connectivity index (χ0v) is 16.9. The SMILES string of the molecule is Cc1c([C@H](C)NC(=O)c2ccc(CN3C[C@@H](C)O[C@H](C)C3)cc2)cnn1C. The second kappa shape index (κ2) is 8.23. The van der Waals surface area contributed by atoms with Gasteiger partial charge in [0.15, 0.2) is 0 Å². The van der Waals surface area contributed by atoms with Crippen molar-refractivity contribution in [3.63, 3.8) is 0 Å². The molecule has 27 heavy (non-hydrogen) atoms. The van der Waals surface area contributed by atoms with Crippen LogP contribution in [0.5, 0.6) is 0 Å². The number of nitrogens with zero attached hydrogens (tertiary/aromatic N) is 3. The minimum Gasteiger partial charge on any atom is -0.373 e. The molecule has 2 heterocycles. The number of nitrogens with one attached hydrogen (secondary N) is 1. The van der Waals surface area contributed by atoms with E-state index in [9.17, 15) is 4.79 Å². The summed E-state index contributed by atoms with van der Waals surface area (Å²) in [7, 11) is 1.90. The van der Waals surface area contributed by atoms with Crippen LogP contribution in [0.2, 0.25) is 0 Å². The molecule has 6 heteroatoms. The molecule has 1 aromatic carbocycles. The summed E-state index contributed by atoms with van der Waals surface area (Å²) < 4.78 is 7.61. The molecule has 1 amide bonds. The lowest BCUT2D eigenvalue weighted by molar-refractivity contribution is -0.0704. The third-order valence-electron chi connectivity index (χ3n) is 5.20. The zero-order chi connectivity index (χ0) is 19.6. The van der Waals surface area contributed by atoms with Gasteiger partial charge < -0.3 is 10.1 Å². The summed E-state index contributed by atoms with van der Waals surface area (Å²) >= 11 is 0. The largest absolute Gasteiger partial charge is 0.373 e. The lowest BCUT2D eigenvalue weighted by Gasteiger charge is -2.35. The summed E-state index contributed by atoms with van der Waals surface area (Å²) in [4.78, 5) is 15.0. The highest BCUT2D eigenvalue weighted by Gasteiger charge is 2.22. The van der Waals surface area contributed by atoms with E-state index in [4.69, 9.17) is 4.74 Å². The van der Waals surface area contributed by atoms with Gasteiger partial charge in [0, 0.05) is 43.5 Å². The highest BCUT2D eigenvalue weighted by molar-refractivity contribution is 5.94. The Kier molecular flexibility index (Phi) is 5.97. The fourth-order valence-corrected chi connectivity index (χ4v) is 3.73. The van der Waals surface area contributed by atoms with E-state index >= 15 is 0 Å². The van der Waals surface area contributed by atoms with E-state index in [1.54, 1.807) is 0 Å². The predicted octanol–water partition coefficient (Wildman–Crippen LogP) is 2.83. The molecule has 1 fully saturated rings. The highest BCUT2D eigenvalue weighted by atomic mass is 16.5. The number of morpholine rings is 1. The maximum atomic E-state index is 12.6. The van der Waals surface area contributed by atoms with Crippen molar-refractivity contribution in [2.75, 3.05) is 13.1 Å². The Bertz CT molecular complexity index is 774. The molecule has 3 atom stereocenters. The maximum absolute atomic E-state index is 12.6. The van der Waals surface area contributed by atoms with E-state index in [0.717, 1.165) is 30.9 Å². The first-order valence-corrected chi connectivity index (χ1v) is 9.59. The standard InChI is InChI=1S/C21H30N4O2/c1-14-11-25(12-15(2)27-14)13-18-6-8-19(9-7-18)21(26)23-16(3)20-10-22-24(5)17(20)4/h6-10,14-16H,11-13H2,1-5H3,(H,23,26)/t14-,15-,16+/m1/s1. The quantitative estimate of drug-likeness (QED) is 0.879. The molecule has 0 aliphatic carbocycles. The van der Waals surface area contributed by atoms with Crippen LogP contribution >= 0.6 is 0 Å². The second-order valence-electron chi connectivity index (χ2n) is 7.65. The normalized spacial score (nSPS) is 21.8. The number of hydrogen-bond acceptors (Lipinski definition) is 4. The lowest BCUT2D eigenvalue weighted by atomic mass is 10.1. The van der Waals surface area contributed by atoms with E-state index in [-0.39, 0.29) is 24.2 Å². The molecule has 0 saturated carbocycles. The molecule has 3 rings (SSSR count). The van der Waals surface area contributed by atoms with Crippen LogP contribution in [0.1, 0.15) is 54.0 Å². The molecule has 0 radical (unpaired) electrons. The van der Waals surface area contributed by atoms with Gasteiger partial charge in [-0.15, -0.1) is 0 Å². The van der Waals surface area contributed by atoms with Crippen LogP contribution in [-0.4, -0.2) is 45.9 Å². The van der Waals surface area contributed by atoms with Crippen LogP contribution in [0.15, 0.2) is 30.5 Å². The van der Waals surface area contributed by atoms with Crippen LogP contribution in [0.3, 0.4) is 0 Å². The fourth-order valence-electron chi connectivity index (χ4n) is 3.73. The van der Waals surface area contributed by atoms with Gasteiger partial charge >= 0.3 is 0 Å². The van der Waals surface area contributed by atoms with Crippen molar-refractivity contribution in [2.45, 2.75) is 52.5 Å². The first kappa shape index (κ1) is 19.6. The minimum absolute atomic E-state index is 0.0640. The van der Waals surface area contributed by atoms with Crippen molar-refractivity contribution in [3.8, 4) is 0 Å². The maximum Gasteiger partial charge on any atom is 0.251 e. The Balaban J connectivity index is 1.59. The molecular weight excluding hydrogens is 340 g/mol. The van der Waals surface area contributed by atoms with Crippen molar-refractivity contribution in [2.24, 2.45) is 7.05 Å². The van der Waals surface area contributed by atoms with Crippen LogP contribution in [0.4, 0.5) is 0 Å². The van der Waals surface area contributed by atoms with Crippen molar-refractivity contribution < 1.29 is 9.53 Å². The molecule has 2 aromatic rings. The lowest BCUT2D eigenvalue weighted by Crippen LogP contribution is -2.44. The van der Waals surface area contributed by atoms with Gasteiger partial charge in [-0.2, -0.15) is 5.10 Å². The van der Waals surface area contributed by atoms with Crippen molar-refractivity contribution in [1.29, 1.82) is 0 Å². The van der Waals surface area contributed by atoms with Crippen molar-refractivity contribution in [3.05, 3.63) is 52.8 Å². The summed E-state index contributed by atoms with van der Waals surface area (Å²) in [5.41, 5.74) is 3.99. The number of carbonyl (C=O) groups is 1. The summed E-state index contributed by atoms with van der Waals surface area (Å²) in [5.74, 6) is -0.0640. The number of rotatable bonds is 5. The number of aromatic nitrogens is 2. The van der Waals surface area contributed by atoms with Gasteiger partial charge in [0.05, 0.1) is 24.4 Å². The predicted molar refractivity (Wildman–Crippen MR) is 106 cm³/mol. The van der Waals surface area contributed by atoms with Gasteiger partial charge in [-0.3, -0.25) is 14.4 Å². The molecule has 146 valence electrons. The average molecular weight is 370 g/mol. The van der Waals surface area contributed by atoms with Gasteiger partial charge in [-0.25, -0.2) is 0 Å². The Morgan fingerprint density at radius 3 is 2.44 bits per heavy atom. The fraction of sp³-hybridized carbons (Fsp3) is 0.524. The van der Waals surface area contributed by atoms with Gasteiger partial charge in [-0.05, 0) is 45.4 Å². The van der Waals surface area contributed by atoms with Crippen LogP contribution < -0.4 is 5.32 Å². The Morgan fingerprint density at radius 1 is 1.26 bits per heavy atom. The zero-order valence-electron chi connectivity index (χ0n) is 16.9. The number of carbonyl (C=O) groups excluding carboxylic acids is 1.